The van der Waals surface area contributed by atoms with Crippen LogP contribution >= 0.6 is 0 Å². The second kappa shape index (κ2) is 4.72. The van der Waals surface area contributed by atoms with Crippen molar-refractivity contribution >= 4 is 15.8 Å². The Bertz CT molecular complexity index is 563. The minimum absolute atomic E-state index is 0.529. The molecular formula is C12H18N4O2S. The van der Waals surface area contributed by atoms with Crippen molar-refractivity contribution in [1.29, 1.82) is 0 Å². The van der Waals surface area contributed by atoms with Gasteiger partial charge < -0.3 is 4.90 Å². The molecule has 0 aromatic carbocycles. The van der Waals surface area contributed by atoms with Crippen LogP contribution in [0.25, 0.3) is 0 Å². The molecular weight excluding hydrogens is 264 g/mol. The number of hydrogen-bond acceptors (Lipinski definition) is 5. The van der Waals surface area contributed by atoms with Crippen LogP contribution in [0.3, 0.4) is 0 Å². The summed E-state index contributed by atoms with van der Waals surface area (Å²) in [6.07, 6.45) is 5.44. The van der Waals surface area contributed by atoms with E-state index in [1.807, 2.05) is 6.07 Å². The van der Waals surface area contributed by atoms with Crippen molar-refractivity contribution in [3.05, 3.63) is 18.1 Å². The summed E-state index contributed by atoms with van der Waals surface area (Å²) in [7, 11) is -3.07. The number of sulfonamides is 1. The zero-order valence-corrected chi connectivity index (χ0v) is 11.8. The molecule has 0 bridgehead atoms. The molecule has 1 aliphatic carbocycles. The van der Waals surface area contributed by atoms with Gasteiger partial charge in [-0.1, -0.05) is 0 Å². The lowest BCUT2D eigenvalue weighted by Crippen LogP contribution is -2.48. The monoisotopic (exact) mass is 282 g/mol. The predicted octanol–water partition coefficient (Wildman–Crippen LogP) is 0.436. The molecule has 1 aromatic heterocycles. The number of hydrogen-bond donors (Lipinski definition) is 0. The van der Waals surface area contributed by atoms with Gasteiger partial charge in [0.1, 0.15) is 11.6 Å². The third-order valence-corrected chi connectivity index (χ3v) is 4.94. The molecule has 0 amide bonds. The summed E-state index contributed by atoms with van der Waals surface area (Å²) >= 11 is 0. The van der Waals surface area contributed by atoms with Crippen molar-refractivity contribution in [2.75, 3.05) is 37.3 Å². The van der Waals surface area contributed by atoms with Crippen LogP contribution < -0.4 is 4.90 Å². The van der Waals surface area contributed by atoms with E-state index in [4.69, 9.17) is 0 Å². The van der Waals surface area contributed by atoms with Crippen molar-refractivity contribution in [2.45, 2.75) is 18.8 Å². The van der Waals surface area contributed by atoms with Gasteiger partial charge in [0.15, 0.2) is 0 Å². The van der Waals surface area contributed by atoms with E-state index in [1.165, 1.54) is 23.4 Å². The number of nitrogens with zero attached hydrogens (tertiary/aromatic N) is 4. The lowest BCUT2D eigenvalue weighted by atomic mass is 10.3. The fourth-order valence-corrected chi connectivity index (χ4v) is 3.15. The molecule has 0 N–H and O–H groups in total. The highest BCUT2D eigenvalue weighted by molar-refractivity contribution is 7.88. The van der Waals surface area contributed by atoms with E-state index in [-0.39, 0.29) is 0 Å². The first kappa shape index (κ1) is 12.8. The van der Waals surface area contributed by atoms with Gasteiger partial charge in [0, 0.05) is 38.3 Å². The fraction of sp³-hybridized carbons (Fsp3) is 0.667. The SMILES string of the molecule is CS(=O)(=O)N1CCN(c2ccnc(C3CC3)n2)CC1. The zero-order valence-electron chi connectivity index (χ0n) is 11.0. The average Bonchev–Trinajstić information content (AvgIpc) is 3.22. The van der Waals surface area contributed by atoms with Gasteiger partial charge in [0.2, 0.25) is 10.0 Å². The number of rotatable bonds is 3. The van der Waals surface area contributed by atoms with Gasteiger partial charge in [0.05, 0.1) is 6.26 Å². The average molecular weight is 282 g/mol. The first-order valence-corrected chi connectivity index (χ1v) is 8.42. The summed E-state index contributed by atoms with van der Waals surface area (Å²) in [5.74, 6) is 2.39. The standard InChI is InChI=1S/C12H18N4O2S/c1-19(17,18)16-8-6-15(7-9-16)11-4-5-13-12(14-11)10-2-3-10/h4-5,10H,2-3,6-9H2,1H3. The molecule has 3 rings (SSSR count). The van der Waals surface area contributed by atoms with Crippen molar-refractivity contribution in [3.63, 3.8) is 0 Å². The first-order valence-electron chi connectivity index (χ1n) is 6.57. The van der Waals surface area contributed by atoms with E-state index in [9.17, 15) is 8.42 Å². The summed E-state index contributed by atoms with van der Waals surface area (Å²) in [5.41, 5.74) is 0. The van der Waals surface area contributed by atoms with Crippen LogP contribution in [0.1, 0.15) is 24.6 Å². The van der Waals surface area contributed by atoms with Gasteiger partial charge in [-0.05, 0) is 18.9 Å². The van der Waals surface area contributed by atoms with Crippen LogP contribution in [0, 0.1) is 0 Å². The number of piperazine rings is 1. The molecule has 104 valence electrons. The molecule has 1 aromatic rings. The minimum Gasteiger partial charge on any atom is -0.354 e. The normalized spacial score (nSPS) is 21.6. The Balaban J connectivity index is 1.69. The Morgan fingerprint density at radius 1 is 1.21 bits per heavy atom. The van der Waals surface area contributed by atoms with E-state index >= 15 is 0 Å². The first-order chi connectivity index (χ1) is 9.04. The largest absolute Gasteiger partial charge is 0.354 e. The predicted molar refractivity (Wildman–Crippen MR) is 72.6 cm³/mol. The van der Waals surface area contributed by atoms with E-state index < -0.39 is 10.0 Å². The van der Waals surface area contributed by atoms with Crippen molar-refractivity contribution in [3.8, 4) is 0 Å². The molecule has 1 saturated heterocycles. The number of aromatic nitrogens is 2. The second-order valence-corrected chi connectivity index (χ2v) is 7.18. The summed E-state index contributed by atoms with van der Waals surface area (Å²) < 4.78 is 24.4. The molecule has 1 saturated carbocycles. The van der Waals surface area contributed by atoms with Gasteiger partial charge >= 0.3 is 0 Å². The summed E-state index contributed by atoms with van der Waals surface area (Å²) in [6.45, 7) is 2.44. The summed E-state index contributed by atoms with van der Waals surface area (Å²) in [5, 5.41) is 0. The fourth-order valence-electron chi connectivity index (χ4n) is 2.33. The maximum Gasteiger partial charge on any atom is 0.211 e. The van der Waals surface area contributed by atoms with Crippen LogP contribution in [0.5, 0.6) is 0 Å². The van der Waals surface area contributed by atoms with E-state index in [2.05, 4.69) is 14.9 Å². The van der Waals surface area contributed by atoms with E-state index in [1.54, 1.807) is 6.20 Å². The van der Waals surface area contributed by atoms with Gasteiger partial charge in [-0.2, -0.15) is 4.31 Å². The molecule has 7 heteroatoms. The smallest absolute Gasteiger partial charge is 0.211 e. The van der Waals surface area contributed by atoms with E-state index in [0.29, 0.717) is 32.1 Å². The Labute approximate surface area is 113 Å². The highest BCUT2D eigenvalue weighted by atomic mass is 32.2. The Hall–Kier alpha value is -1.21. The Kier molecular flexibility index (Phi) is 3.18. The molecule has 6 nitrogen and oxygen atoms in total. The molecule has 1 aliphatic heterocycles. The molecule has 0 radical (unpaired) electrons. The van der Waals surface area contributed by atoms with Crippen molar-refractivity contribution in [2.24, 2.45) is 0 Å². The molecule has 0 spiro atoms. The van der Waals surface area contributed by atoms with Crippen molar-refractivity contribution in [1.82, 2.24) is 14.3 Å². The van der Waals surface area contributed by atoms with Crippen LogP contribution in [0.15, 0.2) is 12.3 Å². The topological polar surface area (TPSA) is 66.4 Å². The van der Waals surface area contributed by atoms with Gasteiger partial charge in [0.25, 0.3) is 0 Å². The van der Waals surface area contributed by atoms with Crippen LogP contribution in [-0.2, 0) is 10.0 Å². The minimum atomic E-state index is -3.07. The Morgan fingerprint density at radius 2 is 1.89 bits per heavy atom. The highest BCUT2D eigenvalue weighted by Gasteiger charge is 2.28. The Morgan fingerprint density at radius 3 is 2.47 bits per heavy atom. The van der Waals surface area contributed by atoms with Crippen LogP contribution in [0.4, 0.5) is 5.82 Å². The summed E-state index contributed by atoms with van der Waals surface area (Å²) in [6, 6.07) is 1.90. The van der Waals surface area contributed by atoms with Crippen LogP contribution in [-0.4, -0.2) is 55.1 Å². The lowest BCUT2D eigenvalue weighted by molar-refractivity contribution is 0.386. The zero-order chi connectivity index (χ0) is 13.5. The quantitative estimate of drug-likeness (QED) is 0.804. The van der Waals surface area contributed by atoms with Crippen molar-refractivity contribution < 1.29 is 8.42 Å². The molecule has 19 heavy (non-hydrogen) atoms. The maximum absolute atomic E-state index is 11.5. The highest BCUT2D eigenvalue weighted by Crippen LogP contribution is 2.38. The second-order valence-electron chi connectivity index (χ2n) is 5.20. The third kappa shape index (κ3) is 2.87. The third-order valence-electron chi connectivity index (χ3n) is 3.63. The molecule has 2 aliphatic rings. The van der Waals surface area contributed by atoms with Gasteiger partial charge in [-0.15, -0.1) is 0 Å². The molecule has 0 unspecified atom stereocenters. The molecule has 2 heterocycles. The maximum atomic E-state index is 11.5. The molecule has 2 fully saturated rings. The van der Waals surface area contributed by atoms with Gasteiger partial charge in [-0.25, -0.2) is 18.4 Å². The van der Waals surface area contributed by atoms with E-state index in [0.717, 1.165) is 11.6 Å². The lowest BCUT2D eigenvalue weighted by Gasteiger charge is -2.34. The summed E-state index contributed by atoms with van der Waals surface area (Å²) in [4.78, 5) is 11.0. The number of anilines is 1. The van der Waals surface area contributed by atoms with Gasteiger partial charge in [-0.3, -0.25) is 0 Å². The van der Waals surface area contributed by atoms with Crippen LogP contribution in [0.2, 0.25) is 0 Å². The molecule has 0 atom stereocenters.